The van der Waals surface area contributed by atoms with Crippen molar-refractivity contribution in [2.45, 2.75) is 38.1 Å². The van der Waals surface area contributed by atoms with E-state index < -0.39 is 10.0 Å². The van der Waals surface area contributed by atoms with Crippen LogP contribution in [0.5, 0.6) is 11.5 Å². The van der Waals surface area contributed by atoms with Crippen LogP contribution in [0.4, 0.5) is 5.13 Å². The van der Waals surface area contributed by atoms with Crippen LogP contribution in [0.25, 0.3) is 10.2 Å². The number of rotatable bonds is 10. The lowest BCUT2D eigenvalue weighted by Gasteiger charge is -2.22. The maximum absolute atomic E-state index is 13.8. The highest BCUT2D eigenvalue weighted by molar-refractivity contribution is 7.89. The summed E-state index contributed by atoms with van der Waals surface area (Å²) < 4.78 is 39.7. The zero-order valence-electron chi connectivity index (χ0n) is 21.2. The highest BCUT2D eigenvalue weighted by atomic mass is 32.2. The van der Waals surface area contributed by atoms with Crippen molar-refractivity contribution in [2.24, 2.45) is 0 Å². The number of hydrogen-bond donors (Lipinski definition) is 0. The van der Waals surface area contributed by atoms with Crippen LogP contribution in [-0.2, 0) is 16.6 Å². The Kier molecular flexibility index (Phi) is 7.59. The van der Waals surface area contributed by atoms with E-state index >= 15 is 0 Å². The number of ether oxygens (including phenoxy) is 2. The number of pyridine rings is 1. The highest BCUT2D eigenvalue weighted by Crippen LogP contribution is 2.40. The molecule has 1 aliphatic heterocycles. The molecule has 5 rings (SSSR count). The van der Waals surface area contributed by atoms with Crippen molar-refractivity contribution in [1.82, 2.24) is 14.3 Å². The predicted octanol–water partition coefficient (Wildman–Crippen LogP) is 5.08. The van der Waals surface area contributed by atoms with E-state index in [1.807, 2.05) is 38.1 Å². The smallest absolute Gasteiger partial charge is 0.260 e. The first-order valence-corrected chi connectivity index (χ1v) is 14.7. The molecule has 2 aromatic heterocycles. The Morgan fingerprint density at radius 3 is 2.39 bits per heavy atom. The van der Waals surface area contributed by atoms with Gasteiger partial charge in [-0.2, -0.15) is 4.31 Å². The van der Waals surface area contributed by atoms with Crippen LogP contribution in [0.2, 0.25) is 0 Å². The highest BCUT2D eigenvalue weighted by Gasteiger charge is 2.26. The summed E-state index contributed by atoms with van der Waals surface area (Å²) in [6.45, 7) is 5.23. The first-order chi connectivity index (χ1) is 18.4. The molecule has 0 bridgehead atoms. The van der Waals surface area contributed by atoms with E-state index in [1.165, 1.54) is 27.8 Å². The summed E-state index contributed by atoms with van der Waals surface area (Å²) in [5, 5.41) is 0.506. The summed E-state index contributed by atoms with van der Waals surface area (Å²) in [4.78, 5) is 24.4. The lowest BCUT2D eigenvalue weighted by Crippen LogP contribution is -2.33. The van der Waals surface area contributed by atoms with E-state index in [0.29, 0.717) is 40.8 Å². The molecule has 11 heteroatoms. The maximum atomic E-state index is 13.8. The van der Waals surface area contributed by atoms with Crippen LogP contribution < -0.4 is 14.4 Å². The van der Waals surface area contributed by atoms with Gasteiger partial charge < -0.3 is 9.47 Å². The molecule has 1 amide bonds. The zero-order valence-corrected chi connectivity index (χ0v) is 22.8. The number of fused-ring (bicyclic) bond motifs is 2. The van der Waals surface area contributed by atoms with Gasteiger partial charge in [-0.3, -0.25) is 14.7 Å². The first kappa shape index (κ1) is 26.1. The second-order valence-corrected chi connectivity index (χ2v) is 11.8. The molecule has 0 saturated heterocycles. The van der Waals surface area contributed by atoms with Crippen molar-refractivity contribution in [2.75, 3.05) is 24.8 Å². The topological polar surface area (TPSA) is 102 Å². The number of sulfonamides is 1. The van der Waals surface area contributed by atoms with Gasteiger partial charge in [0.05, 0.1) is 21.7 Å². The van der Waals surface area contributed by atoms with Gasteiger partial charge in [-0.05, 0) is 48.7 Å². The van der Waals surface area contributed by atoms with Gasteiger partial charge >= 0.3 is 0 Å². The molecular formula is C27H28N4O5S2. The Hall–Kier alpha value is -3.54. The molecular weight excluding hydrogens is 524 g/mol. The number of thiazole rings is 1. The van der Waals surface area contributed by atoms with E-state index in [0.717, 1.165) is 23.1 Å². The number of nitrogens with zero attached hydrogens (tertiary/aromatic N) is 4. The van der Waals surface area contributed by atoms with Crippen molar-refractivity contribution in [3.8, 4) is 11.5 Å². The van der Waals surface area contributed by atoms with E-state index in [-0.39, 0.29) is 24.1 Å². The number of hydrogen-bond acceptors (Lipinski definition) is 8. The molecule has 198 valence electrons. The van der Waals surface area contributed by atoms with Gasteiger partial charge in [0.1, 0.15) is 0 Å². The fourth-order valence-corrected chi connectivity index (χ4v) is 6.84. The van der Waals surface area contributed by atoms with Crippen molar-refractivity contribution in [1.29, 1.82) is 0 Å². The Bertz CT molecular complexity index is 1490. The van der Waals surface area contributed by atoms with Crippen LogP contribution in [0, 0.1) is 0 Å². The molecule has 0 N–H and O–H groups in total. The van der Waals surface area contributed by atoms with Crippen molar-refractivity contribution < 1.29 is 22.7 Å². The van der Waals surface area contributed by atoms with Gasteiger partial charge in [0, 0.05) is 43.2 Å². The van der Waals surface area contributed by atoms with Crippen molar-refractivity contribution >= 4 is 42.6 Å². The summed E-state index contributed by atoms with van der Waals surface area (Å²) in [5.74, 6) is 0.974. The fraction of sp³-hybridized carbons (Fsp3) is 0.296. The number of anilines is 1. The van der Waals surface area contributed by atoms with Crippen LogP contribution in [0.15, 0.2) is 65.8 Å². The number of amides is 1. The molecule has 0 spiro atoms. The lowest BCUT2D eigenvalue weighted by molar-refractivity contribution is 0.0985. The standard InChI is InChI=1S/C27H28N4O5S2/c1-3-12-30(13-4-2)38(33,34)21-9-7-20(8-10-21)26(32)31(17-19-6-5-11-28-16-19)27-29-22-14-23-24(36-18-35-23)15-25(22)37-27/h5-11,14-16H,3-4,12-13,17-18H2,1-2H3. The number of carbonyl (C=O) groups excluding carboxylic acids is 1. The summed E-state index contributed by atoms with van der Waals surface area (Å²) in [6, 6.07) is 13.5. The van der Waals surface area contributed by atoms with E-state index in [9.17, 15) is 13.2 Å². The van der Waals surface area contributed by atoms with Crippen molar-refractivity contribution in [3.63, 3.8) is 0 Å². The second-order valence-electron chi connectivity index (χ2n) is 8.85. The van der Waals surface area contributed by atoms with E-state index in [1.54, 1.807) is 29.4 Å². The zero-order chi connectivity index (χ0) is 26.7. The number of benzene rings is 2. The van der Waals surface area contributed by atoms with Crippen LogP contribution in [-0.4, -0.2) is 48.5 Å². The minimum Gasteiger partial charge on any atom is -0.454 e. The van der Waals surface area contributed by atoms with Gasteiger partial charge in [-0.15, -0.1) is 0 Å². The van der Waals surface area contributed by atoms with Crippen LogP contribution in [0.3, 0.4) is 0 Å². The molecule has 0 fully saturated rings. The Morgan fingerprint density at radius 2 is 1.74 bits per heavy atom. The second kappa shape index (κ2) is 11.1. The summed E-state index contributed by atoms with van der Waals surface area (Å²) >= 11 is 1.37. The van der Waals surface area contributed by atoms with E-state index in [4.69, 9.17) is 14.5 Å². The summed E-state index contributed by atoms with van der Waals surface area (Å²) in [5.41, 5.74) is 1.90. The number of aromatic nitrogens is 2. The van der Waals surface area contributed by atoms with Crippen LogP contribution in [0.1, 0.15) is 42.6 Å². The quantitative estimate of drug-likeness (QED) is 0.270. The largest absolute Gasteiger partial charge is 0.454 e. The molecule has 0 unspecified atom stereocenters. The fourth-order valence-electron chi connectivity index (χ4n) is 4.25. The molecule has 0 aliphatic carbocycles. The molecule has 0 radical (unpaired) electrons. The Balaban J connectivity index is 1.47. The molecule has 0 saturated carbocycles. The average Bonchev–Trinajstić information content (AvgIpc) is 3.56. The van der Waals surface area contributed by atoms with Gasteiger partial charge in [-0.1, -0.05) is 31.3 Å². The molecule has 4 aromatic rings. The first-order valence-electron chi connectivity index (χ1n) is 12.4. The summed E-state index contributed by atoms with van der Waals surface area (Å²) in [6.07, 6.45) is 4.83. The molecule has 3 heterocycles. The molecule has 0 atom stereocenters. The third-order valence-corrected chi connectivity index (χ3v) is 9.05. The number of carbonyl (C=O) groups is 1. The Labute approximate surface area is 225 Å². The van der Waals surface area contributed by atoms with Crippen molar-refractivity contribution in [3.05, 3.63) is 72.1 Å². The molecule has 38 heavy (non-hydrogen) atoms. The molecule has 2 aromatic carbocycles. The van der Waals surface area contributed by atoms with Gasteiger partial charge in [0.2, 0.25) is 16.8 Å². The predicted molar refractivity (Wildman–Crippen MR) is 146 cm³/mol. The monoisotopic (exact) mass is 552 g/mol. The van der Waals surface area contributed by atoms with Crippen LogP contribution >= 0.6 is 11.3 Å². The van der Waals surface area contributed by atoms with Gasteiger partial charge in [0.25, 0.3) is 5.91 Å². The average molecular weight is 553 g/mol. The molecule has 1 aliphatic rings. The summed E-state index contributed by atoms with van der Waals surface area (Å²) in [7, 11) is -3.65. The third kappa shape index (κ3) is 5.22. The lowest BCUT2D eigenvalue weighted by atomic mass is 10.2. The minimum absolute atomic E-state index is 0.171. The normalized spacial score (nSPS) is 12.8. The molecule has 9 nitrogen and oxygen atoms in total. The minimum atomic E-state index is -3.65. The maximum Gasteiger partial charge on any atom is 0.260 e. The van der Waals surface area contributed by atoms with Gasteiger partial charge in [-0.25, -0.2) is 13.4 Å². The third-order valence-electron chi connectivity index (χ3n) is 6.10. The van der Waals surface area contributed by atoms with E-state index in [2.05, 4.69) is 4.98 Å². The Morgan fingerprint density at radius 1 is 1.03 bits per heavy atom. The van der Waals surface area contributed by atoms with Gasteiger partial charge in [0.15, 0.2) is 16.6 Å². The SMILES string of the molecule is CCCN(CCC)S(=O)(=O)c1ccc(C(=O)N(Cc2cccnc2)c2nc3cc4c(cc3s2)OCO4)cc1.